The van der Waals surface area contributed by atoms with Crippen molar-refractivity contribution in [3.63, 3.8) is 0 Å². The summed E-state index contributed by atoms with van der Waals surface area (Å²) in [7, 11) is -0.687. The smallest absolute Gasteiger partial charge is 0.0445 e. The van der Waals surface area contributed by atoms with Crippen molar-refractivity contribution < 1.29 is 4.21 Å². The molecule has 0 amide bonds. The molecule has 0 heterocycles. The molecule has 0 bridgehead atoms. The molecule has 0 saturated heterocycles. The molecule has 1 fully saturated rings. The van der Waals surface area contributed by atoms with Crippen LogP contribution >= 0.6 is 0 Å². The minimum atomic E-state index is -0.687. The Bertz CT molecular complexity index is 164. The van der Waals surface area contributed by atoms with Crippen molar-refractivity contribution in [3.05, 3.63) is 0 Å². The van der Waals surface area contributed by atoms with Crippen LogP contribution in [0.4, 0.5) is 0 Å². The second-order valence-electron chi connectivity index (χ2n) is 3.99. The lowest BCUT2D eigenvalue weighted by atomic mass is 10.2. The van der Waals surface area contributed by atoms with E-state index < -0.39 is 10.8 Å². The quantitative estimate of drug-likeness (QED) is 0.711. The fraction of sp³-hybridized carbons (Fsp3) is 1.00. The summed E-state index contributed by atoms with van der Waals surface area (Å²) in [5.41, 5.74) is 5.53. The summed E-state index contributed by atoms with van der Waals surface area (Å²) < 4.78 is 11.9. The first kappa shape index (κ1) is 11.2. The first-order valence-corrected chi connectivity index (χ1v) is 6.62. The van der Waals surface area contributed by atoms with Gasteiger partial charge in [0.05, 0.1) is 0 Å². The minimum absolute atomic E-state index is 0.183. The Balaban J connectivity index is 2.43. The van der Waals surface area contributed by atoms with E-state index in [1.807, 2.05) is 6.92 Å². The highest BCUT2D eigenvalue weighted by Crippen LogP contribution is 2.22. The van der Waals surface area contributed by atoms with Crippen molar-refractivity contribution in [1.29, 1.82) is 0 Å². The standard InChI is InChI=1S/C10H21NOS/c1-9(8-11)13(12)10-6-4-2-3-5-7-10/h9-10H,2-8,11H2,1H3. The van der Waals surface area contributed by atoms with E-state index in [2.05, 4.69) is 0 Å². The van der Waals surface area contributed by atoms with E-state index in [0.717, 1.165) is 12.8 Å². The van der Waals surface area contributed by atoms with E-state index in [-0.39, 0.29) is 5.25 Å². The SMILES string of the molecule is CC(CN)S(=O)C1CCCCCC1. The molecule has 2 nitrogen and oxygen atoms in total. The van der Waals surface area contributed by atoms with E-state index in [9.17, 15) is 4.21 Å². The topological polar surface area (TPSA) is 43.1 Å². The summed E-state index contributed by atoms with van der Waals surface area (Å²) in [5, 5.41) is 0.615. The van der Waals surface area contributed by atoms with Crippen molar-refractivity contribution in [2.75, 3.05) is 6.54 Å². The van der Waals surface area contributed by atoms with Gasteiger partial charge in [0.25, 0.3) is 0 Å². The molecule has 0 spiro atoms. The predicted molar refractivity (Wildman–Crippen MR) is 58.1 cm³/mol. The molecule has 0 aromatic rings. The van der Waals surface area contributed by atoms with Gasteiger partial charge < -0.3 is 5.73 Å². The van der Waals surface area contributed by atoms with E-state index in [4.69, 9.17) is 5.73 Å². The van der Waals surface area contributed by atoms with Crippen LogP contribution in [0.2, 0.25) is 0 Å². The lowest BCUT2D eigenvalue weighted by Crippen LogP contribution is -2.29. The van der Waals surface area contributed by atoms with Crippen LogP contribution < -0.4 is 5.73 Å². The summed E-state index contributed by atoms with van der Waals surface area (Å²) in [6.07, 6.45) is 7.46. The predicted octanol–water partition coefficient (Wildman–Crippen LogP) is 1.81. The maximum absolute atomic E-state index is 11.9. The highest BCUT2D eigenvalue weighted by Gasteiger charge is 2.21. The van der Waals surface area contributed by atoms with Crippen LogP contribution in [0.15, 0.2) is 0 Å². The van der Waals surface area contributed by atoms with Gasteiger partial charge in [-0.05, 0) is 19.8 Å². The van der Waals surface area contributed by atoms with Crippen molar-refractivity contribution >= 4 is 10.8 Å². The molecule has 2 N–H and O–H groups in total. The van der Waals surface area contributed by atoms with Crippen molar-refractivity contribution in [3.8, 4) is 0 Å². The Labute approximate surface area is 83.7 Å². The Morgan fingerprint density at radius 1 is 1.31 bits per heavy atom. The largest absolute Gasteiger partial charge is 0.329 e. The summed E-state index contributed by atoms with van der Waals surface area (Å²) in [6, 6.07) is 0. The summed E-state index contributed by atoms with van der Waals surface area (Å²) in [5.74, 6) is 0. The maximum atomic E-state index is 11.9. The van der Waals surface area contributed by atoms with Crippen molar-refractivity contribution in [2.24, 2.45) is 5.73 Å². The third-order valence-corrected chi connectivity index (χ3v) is 4.97. The highest BCUT2D eigenvalue weighted by molar-refractivity contribution is 7.86. The molecule has 1 aliphatic rings. The third-order valence-electron chi connectivity index (χ3n) is 2.86. The minimum Gasteiger partial charge on any atom is -0.329 e. The van der Waals surface area contributed by atoms with Crippen LogP contribution in [0.3, 0.4) is 0 Å². The van der Waals surface area contributed by atoms with Gasteiger partial charge in [-0.3, -0.25) is 4.21 Å². The maximum Gasteiger partial charge on any atom is 0.0445 e. The normalized spacial score (nSPS) is 25.1. The molecular weight excluding hydrogens is 182 g/mol. The Morgan fingerprint density at radius 2 is 1.85 bits per heavy atom. The second kappa shape index (κ2) is 5.76. The van der Waals surface area contributed by atoms with Gasteiger partial charge in [-0.1, -0.05) is 25.7 Å². The first-order valence-electron chi connectivity index (χ1n) is 5.35. The van der Waals surface area contributed by atoms with E-state index in [1.165, 1.54) is 25.7 Å². The van der Waals surface area contributed by atoms with Crippen LogP contribution in [-0.2, 0) is 10.8 Å². The zero-order valence-electron chi connectivity index (χ0n) is 8.50. The number of rotatable bonds is 3. The Hall–Kier alpha value is 0.110. The van der Waals surface area contributed by atoms with Crippen LogP contribution in [0, 0.1) is 0 Å². The summed E-state index contributed by atoms with van der Waals surface area (Å²) in [6.45, 7) is 2.56. The molecule has 0 radical (unpaired) electrons. The lowest BCUT2D eigenvalue weighted by molar-refractivity contribution is 0.632. The molecule has 2 atom stereocenters. The Morgan fingerprint density at radius 3 is 2.31 bits per heavy atom. The number of nitrogens with two attached hydrogens (primary N) is 1. The van der Waals surface area contributed by atoms with Gasteiger partial charge in [-0.15, -0.1) is 0 Å². The van der Waals surface area contributed by atoms with Gasteiger partial charge in [-0.25, -0.2) is 0 Å². The van der Waals surface area contributed by atoms with Crippen LogP contribution in [-0.4, -0.2) is 21.3 Å². The third kappa shape index (κ3) is 3.39. The van der Waals surface area contributed by atoms with Gasteiger partial charge in [0, 0.05) is 27.8 Å². The van der Waals surface area contributed by atoms with Gasteiger partial charge in [0.2, 0.25) is 0 Å². The molecule has 1 saturated carbocycles. The first-order chi connectivity index (χ1) is 6.25. The zero-order valence-corrected chi connectivity index (χ0v) is 9.31. The van der Waals surface area contributed by atoms with Crippen molar-refractivity contribution in [1.82, 2.24) is 0 Å². The summed E-state index contributed by atoms with van der Waals surface area (Å²) >= 11 is 0. The van der Waals surface area contributed by atoms with Gasteiger partial charge in [0.15, 0.2) is 0 Å². The lowest BCUT2D eigenvalue weighted by Gasteiger charge is -2.17. The number of hydrogen-bond donors (Lipinski definition) is 1. The average Bonchev–Trinajstić information content (AvgIpc) is 2.43. The van der Waals surface area contributed by atoms with E-state index in [0.29, 0.717) is 11.8 Å². The Kier molecular flexibility index (Phi) is 4.96. The molecule has 0 aliphatic heterocycles. The monoisotopic (exact) mass is 203 g/mol. The molecular formula is C10H21NOS. The van der Waals surface area contributed by atoms with E-state index >= 15 is 0 Å². The highest BCUT2D eigenvalue weighted by atomic mass is 32.2. The van der Waals surface area contributed by atoms with Crippen LogP contribution in [0.1, 0.15) is 45.4 Å². The fourth-order valence-corrected chi connectivity index (χ4v) is 3.54. The van der Waals surface area contributed by atoms with Gasteiger partial charge >= 0.3 is 0 Å². The van der Waals surface area contributed by atoms with Crippen LogP contribution in [0.5, 0.6) is 0 Å². The molecule has 78 valence electrons. The molecule has 3 heteroatoms. The fourth-order valence-electron chi connectivity index (χ4n) is 1.90. The molecule has 1 aliphatic carbocycles. The van der Waals surface area contributed by atoms with E-state index in [1.54, 1.807) is 0 Å². The average molecular weight is 203 g/mol. The molecule has 13 heavy (non-hydrogen) atoms. The van der Waals surface area contributed by atoms with Gasteiger partial charge in [0.1, 0.15) is 0 Å². The van der Waals surface area contributed by atoms with Crippen LogP contribution in [0.25, 0.3) is 0 Å². The van der Waals surface area contributed by atoms with Gasteiger partial charge in [-0.2, -0.15) is 0 Å². The molecule has 2 unspecified atom stereocenters. The second-order valence-corrected chi connectivity index (χ2v) is 6.12. The molecule has 0 aromatic heterocycles. The summed E-state index contributed by atoms with van der Waals surface area (Å²) in [4.78, 5) is 0. The molecule has 0 aromatic carbocycles. The molecule has 1 rings (SSSR count). The number of hydrogen-bond acceptors (Lipinski definition) is 2. The van der Waals surface area contributed by atoms with Crippen molar-refractivity contribution in [2.45, 2.75) is 55.9 Å². The zero-order chi connectivity index (χ0) is 9.68.